The zero-order valence-corrected chi connectivity index (χ0v) is 46.9. The van der Waals surface area contributed by atoms with Crippen molar-refractivity contribution < 1.29 is 32.5 Å². The molecule has 5 rings (SSSR count). The minimum absolute atomic E-state index is 0.0359. The van der Waals surface area contributed by atoms with Crippen LogP contribution >= 0.6 is 0 Å². The molecule has 1 fully saturated rings. The van der Waals surface area contributed by atoms with E-state index in [4.69, 9.17) is 32.5 Å². The first-order valence-corrected chi connectivity index (χ1v) is 31.1. The van der Waals surface area contributed by atoms with Crippen LogP contribution in [0.25, 0.3) is 0 Å². The third-order valence-corrected chi connectivity index (χ3v) is 24.3. The number of benzene rings is 4. The number of rotatable bonds is 22. The fraction of sp³-hybridized carbons (Fsp3) is 0.559. The second-order valence-corrected chi connectivity index (χ2v) is 32.5. The maximum atomic E-state index is 7.51. The minimum Gasteiger partial charge on any atom is -0.497 e. The summed E-state index contributed by atoms with van der Waals surface area (Å²) >= 11 is 0. The van der Waals surface area contributed by atoms with Gasteiger partial charge in [0.15, 0.2) is 16.6 Å². The highest BCUT2D eigenvalue weighted by atomic mass is 28.4. The molecule has 374 valence electrons. The van der Waals surface area contributed by atoms with Crippen LogP contribution in [-0.4, -0.2) is 61.7 Å². The van der Waals surface area contributed by atoms with E-state index in [0.717, 1.165) is 34.4 Å². The molecule has 4 aromatic rings. The van der Waals surface area contributed by atoms with Crippen molar-refractivity contribution in [1.82, 2.24) is 0 Å². The third kappa shape index (κ3) is 13.9. The molecule has 4 aromatic carbocycles. The predicted octanol–water partition coefficient (Wildman–Crippen LogP) is 15.2. The van der Waals surface area contributed by atoms with E-state index in [-0.39, 0.29) is 58.0 Å². The Hall–Kier alpha value is -3.39. The van der Waals surface area contributed by atoms with Gasteiger partial charge in [0.05, 0.1) is 45.2 Å². The predicted molar refractivity (Wildman–Crippen MR) is 286 cm³/mol. The fourth-order valence-electron chi connectivity index (χ4n) is 9.30. The van der Waals surface area contributed by atoms with Gasteiger partial charge in [0, 0.05) is 17.8 Å². The molecular formula is C59H88O7Si2. The average Bonchev–Trinajstić information content (AvgIpc) is 3.30. The molecule has 7 nitrogen and oxygen atoms in total. The zero-order valence-electron chi connectivity index (χ0n) is 44.9. The van der Waals surface area contributed by atoms with Crippen molar-refractivity contribution in [1.29, 1.82) is 0 Å². The normalized spacial score (nSPS) is 20.5. The van der Waals surface area contributed by atoms with Gasteiger partial charge in [-0.15, -0.1) is 0 Å². The van der Waals surface area contributed by atoms with Gasteiger partial charge in [-0.3, -0.25) is 0 Å². The summed E-state index contributed by atoms with van der Waals surface area (Å²) in [5.41, 5.74) is 4.87. The van der Waals surface area contributed by atoms with E-state index in [1.165, 1.54) is 5.57 Å². The van der Waals surface area contributed by atoms with E-state index < -0.39 is 28.7 Å². The molecule has 0 saturated carbocycles. The van der Waals surface area contributed by atoms with Crippen molar-refractivity contribution in [2.24, 2.45) is 29.6 Å². The van der Waals surface area contributed by atoms with Gasteiger partial charge in [-0.1, -0.05) is 191 Å². The van der Waals surface area contributed by atoms with Crippen molar-refractivity contribution in [3.8, 4) is 5.75 Å². The van der Waals surface area contributed by atoms with Crippen molar-refractivity contribution >= 4 is 16.6 Å². The van der Waals surface area contributed by atoms with Crippen LogP contribution in [0, 0.1) is 29.6 Å². The highest BCUT2D eigenvalue weighted by Gasteiger charge is 2.46. The van der Waals surface area contributed by atoms with Crippen molar-refractivity contribution in [2.75, 3.05) is 20.3 Å². The molecule has 0 bridgehead atoms. The molecule has 1 saturated heterocycles. The van der Waals surface area contributed by atoms with E-state index in [2.05, 4.69) is 206 Å². The number of hydrogen-bond acceptors (Lipinski definition) is 7. The van der Waals surface area contributed by atoms with Crippen LogP contribution in [0.4, 0.5) is 0 Å². The molecule has 0 unspecified atom stereocenters. The fourth-order valence-corrected chi connectivity index (χ4v) is 12.3. The van der Waals surface area contributed by atoms with Crippen LogP contribution in [-0.2, 0) is 40.0 Å². The summed E-state index contributed by atoms with van der Waals surface area (Å²) in [6.07, 6.45) is 3.14. The Morgan fingerprint density at radius 2 is 1.15 bits per heavy atom. The zero-order chi connectivity index (χ0) is 50.1. The Morgan fingerprint density at radius 1 is 0.676 bits per heavy atom. The van der Waals surface area contributed by atoms with E-state index in [9.17, 15) is 0 Å². The van der Waals surface area contributed by atoms with E-state index in [1.54, 1.807) is 7.11 Å². The standard InChI is InChI=1S/C59H88O7Si2/c1-42(38-44(3)55(66-68(16,17)58(10,11)12)47(6)54-45(4)39-61-56(64-54)62-41-48-33-35-52(60-13)36-34-48)37-43(2)53(65-67(14,15)57(7,8)9)46(5)40-63-59(49-27-21-18-22-28-49,50-29-23-19-24-30-50)51-31-25-20-26-32-51/h18-37,43-47,53-56H,38-41H2,1-17H3/b42-37-/t43-,44-,45-,46-,47+,53+,54-,55+,56+/m0/s1. The lowest BCUT2D eigenvalue weighted by molar-refractivity contribution is -0.355. The highest BCUT2D eigenvalue weighted by Crippen LogP contribution is 2.45. The first kappa shape index (κ1) is 55.5. The second kappa shape index (κ2) is 23.7. The number of allylic oxidation sites excluding steroid dienone is 1. The molecule has 1 heterocycles. The molecule has 0 spiro atoms. The molecule has 0 radical (unpaired) electrons. The largest absolute Gasteiger partial charge is 0.497 e. The van der Waals surface area contributed by atoms with Crippen molar-refractivity contribution in [3.63, 3.8) is 0 Å². The first-order chi connectivity index (χ1) is 31.9. The van der Waals surface area contributed by atoms with Gasteiger partial charge in [0.2, 0.25) is 0 Å². The Balaban J connectivity index is 1.42. The first-order valence-electron chi connectivity index (χ1n) is 25.2. The summed E-state index contributed by atoms with van der Waals surface area (Å²) in [7, 11) is -2.75. The van der Waals surface area contributed by atoms with Crippen molar-refractivity contribution in [2.45, 2.75) is 163 Å². The molecule has 0 amide bonds. The molecule has 68 heavy (non-hydrogen) atoms. The lowest BCUT2D eigenvalue weighted by Crippen LogP contribution is -2.52. The Labute approximate surface area is 414 Å². The van der Waals surface area contributed by atoms with Crippen LogP contribution in [0.1, 0.15) is 112 Å². The molecule has 9 heteroatoms. The maximum absolute atomic E-state index is 7.51. The summed E-state index contributed by atoms with van der Waals surface area (Å²) in [4.78, 5) is 0. The lowest BCUT2D eigenvalue weighted by atomic mass is 9.79. The number of ether oxygens (including phenoxy) is 5. The Kier molecular flexibility index (Phi) is 19.3. The van der Waals surface area contributed by atoms with Crippen LogP contribution in [0.5, 0.6) is 5.75 Å². The van der Waals surface area contributed by atoms with Crippen LogP contribution < -0.4 is 4.74 Å². The van der Waals surface area contributed by atoms with Gasteiger partial charge < -0.3 is 32.5 Å². The summed E-state index contributed by atoms with van der Waals surface area (Å²) in [5, 5.41) is 0.0795. The summed E-state index contributed by atoms with van der Waals surface area (Å²) in [6.45, 7) is 38.0. The SMILES string of the molecule is COc1ccc(CO[C@H]2OC[C@H](C)[C@@H]([C@@H](C)[C@H](O[Si](C)(C)C(C)(C)C)[C@@H](C)C/C(C)=C\[C@H](C)[C@@H](O[Si](C)(C)C(C)(C)C)[C@@H](C)COC(c3ccccc3)(c3ccccc3)c3ccccc3)O2)cc1. The quantitative estimate of drug-likeness (QED) is 0.0442. The molecule has 0 N–H and O–H groups in total. The third-order valence-electron chi connectivity index (χ3n) is 15.3. The second-order valence-electron chi connectivity index (χ2n) is 23.0. The lowest BCUT2D eigenvalue weighted by Gasteiger charge is -2.46. The van der Waals surface area contributed by atoms with Crippen LogP contribution in [0.2, 0.25) is 36.3 Å². The van der Waals surface area contributed by atoms with Gasteiger partial charge in [0.25, 0.3) is 6.48 Å². The summed E-state index contributed by atoms with van der Waals surface area (Å²) in [6, 6.07) is 40.0. The topological polar surface area (TPSA) is 64.6 Å². The molecule has 1 aliphatic rings. The highest BCUT2D eigenvalue weighted by molar-refractivity contribution is 6.74. The van der Waals surface area contributed by atoms with Crippen LogP contribution in [0.15, 0.2) is 127 Å². The maximum Gasteiger partial charge on any atom is 0.272 e. The van der Waals surface area contributed by atoms with Crippen LogP contribution in [0.3, 0.4) is 0 Å². The summed E-state index contributed by atoms with van der Waals surface area (Å²) < 4.78 is 46.9. The van der Waals surface area contributed by atoms with E-state index in [1.807, 2.05) is 24.3 Å². The number of hydrogen-bond donors (Lipinski definition) is 0. The van der Waals surface area contributed by atoms with Gasteiger partial charge >= 0.3 is 0 Å². The van der Waals surface area contributed by atoms with Crippen molar-refractivity contribution in [3.05, 3.63) is 149 Å². The van der Waals surface area contributed by atoms with Gasteiger partial charge in [-0.25, -0.2) is 0 Å². The number of methoxy groups -OCH3 is 1. The summed E-state index contributed by atoms with van der Waals surface area (Å²) in [5.74, 6) is 1.47. The smallest absolute Gasteiger partial charge is 0.272 e. The molecule has 0 aromatic heterocycles. The Morgan fingerprint density at radius 3 is 1.60 bits per heavy atom. The van der Waals surface area contributed by atoms with Gasteiger partial charge in [0.1, 0.15) is 11.4 Å². The molecular weight excluding hydrogens is 877 g/mol. The van der Waals surface area contributed by atoms with Gasteiger partial charge in [-0.05, 0) is 95.8 Å². The molecule has 0 aliphatic carbocycles. The Bertz CT molecular complexity index is 2030. The minimum atomic E-state index is -2.22. The molecule has 9 atom stereocenters. The average molecular weight is 966 g/mol. The van der Waals surface area contributed by atoms with E-state index in [0.29, 0.717) is 19.8 Å². The van der Waals surface area contributed by atoms with Gasteiger partial charge in [-0.2, -0.15) is 0 Å². The molecule has 1 aliphatic heterocycles. The van der Waals surface area contributed by atoms with E-state index >= 15 is 0 Å². The monoisotopic (exact) mass is 965 g/mol.